The predicted octanol–water partition coefficient (Wildman–Crippen LogP) is -0.498. The number of nitro groups is 1. The first-order chi connectivity index (χ1) is 11.5. The number of carbonyl (C=O) groups excluding carboxylic acids is 1. The fourth-order valence-electron chi connectivity index (χ4n) is 1.73. The number of nitro benzene ring substituents is 1. The van der Waals surface area contributed by atoms with Crippen LogP contribution >= 0.6 is 0 Å². The Morgan fingerprint density at radius 3 is 2.54 bits per heavy atom. The lowest BCUT2D eigenvalue weighted by Gasteiger charge is -2.04. The number of benzene rings is 2. The molecule has 0 heterocycles. The summed E-state index contributed by atoms with van der Waals surface area (Å²) in [5.74, 6) is -0.492. The van der Waals surface area contributed by atoms with Gasteiger partial charge >= 0.3 is 5.97 Å². The van der Waals surface area contributed by atoms with Gasteiger partial charge in [0.1, 0.15) is 5.75 Å². The Labute approximate surface area is 136 Å². The molecule has 2 aromatic rings. The van der Waals surface area contributed by atoms with Crippen molar-refractivity contribution >= 4 is 23.8 Å². The molecule has 0 spiro atoms. The van der Waals surface area contributed by atoms with E-state index in [-0.39, 0.29) is 17.2 Å². The zero-order chi connectivity index (χ0) is 17.5. The second kappa shape index (κ2) is 7.49. The lowest BCUT2D eigenvalue weighted by molar-refractivity contribution is -0.456. The number of nitrogens with two attached hydrogens (primary N) is 2. The van der Waals surface area contributed by atoms with Crippen molar-refractivity contribution in [2.45, 2.75) is 0 Å². The highest BCUT2D eigenvalue weighted by Crippen LogP contribution is 2.17. The molecule has 0 aromatic heterocycles. The first kappa shape index (κ1) is 16.6. The number of carbonyl (C=O) groups is 1. The van der Waals surface area contributed by atoms with Gasteiger partial charge in [-0.1, -0.05) is 6.07 Å². The van der Waals surface area contributed by atoms with Crippen LogP contribution in [0.1, 0.15) is 15.9 Å². The van der Waals surface area contributed by atoms with Gasteiger partial charge in [0, 0.05) is 22.8 Å². The fraction of sp³-hybridized carbons (Fsp3) is 0. The van der Waals surface area contributed by atoms with E-state index in [1.807, 2.05) is 0 Å². The van der Waals surface area contributed by atoms with Gasteiger partial charge in [0.2, 0.25) is 6.21 Å². The molecule has 9 heteroatoms. The van der Waals surface area contributed by atoms with Gasteiger partial charge in [-0.15, -0.1) is 5.10 Å². The Bertz CT molecular complexity index is 811. The Morgan fingerprint density at radius 1 is 1.21 bits per heavy atom. The largest absolute Gasteiger partial charge is 0.423 e. The minimum atomic E-state index is -0.686. The highest BCUT2D eigenvalue weighted by atomic mass is 16.6. The van der Waals surface area contributed by atoms with Crippen molar-refractivity contribution in [2.24, 2.45) is 16.6 Å². The molecule has 0 amide bonds. The van der Waals surface area contributed by atoms with E-state index in [0.29, 0.717) is 5.75 Å². The van der Waals surface area contributed by atoms with Crippen molar-refractivity contribution < 1.29 is 19.6 Å². The van der Waals surface area contributed by atoms with Gasteiger partial charge in [-0.25, -0.2) is 4.79 Å². The molecular weight excluding hydrogens is 314 g/mol. The smallest absolute Gasteiger partial charge is 0.343 e. The second-order valence-corrected chi connectivity index (χ2v) is 4.58. The zero-order valence-electron chi connectivity index (χ0n) is 12.4. The summed E-state index contributed by atoms with van der Waals surface area (Å²) in [6.45, 7) is 0. The quantitative estimate of drug-likeness (QED) is 0.168. The van der Waals surface area contributed by atoms with Gasteiger partial charge in [-0.05, 0) is 30.3 Å². The van der Waals surface area contributed by atoms with Crippen LogP contribution in [0.5, 0.6) is 5.75 Å². The molecule has 0 aliphatic rings. The average molecular weight is 328 g/mol. The lowest BCUT2D eigenvalue weighted by atomic mass is 10.2. The highest BCUT2D eigenvalue weighted by molar-refractivity contribution is 5.91. The minimum absolute atomic E-state index is 0.0919. The van der Waals surface area contributed by atoms with Crippen LogP contribution < -0.4 is 21.3 Å². The predicted molar refractivity (Wildman–Crippen MR) is 86.4 cm³/mol. The number of guanidine groups is 1. The molecule has 0 atom stereocenters. The van der Waals surface area contributed by atoms with Crippen molar-refractivity contribution in [2.75, 3.05) is 0 Å². The van der Waals surface area contributed by atoms with Gasteiger partial charge < -0.3 is 16.2 Å². The van der Waals surface area contributed by atoms with Crippen molar-refractivity contribution in [3.05, 3.63) is 69.8 Å². The van der Waals surface area contributed by atoms with Crippen LogP contribution in [-0.4, -0.2) is 23.1 Å². The number of hydrazone groups is 1. The van der Waals surface area contributed by atoms with Crippen molar-refractivity contribution in [3.63, 3.8) is 0 Å². The number of hydrogen-bond acceptors (Lipinski definition) is 5. The third-order valence-electron chi connectivity index (χ3n) is 2.81. The maximum Gasteiger partial charge on any atom is 0.343 e. The summed E-state index contributed by atoms with van der Waals surface area (Å²) in [6, 6.07) is 11.8. The van der Waals surface area contributed by atoms with Gasteiger partial charge in [0.15, 0.2) is 0 Å². The van der Waals surface area contributed by atoms with E-state index in [4.69, 9.17) is 16.2 Å². The number of hydrogen-bond donors (Lipinski definition) is 3. The Hall–Kier alpha value is -3.75. The summed E-state index contributed by atoms with van der Waals surface area (Å²) in [4.78, 5) is 22.2. The number of nitrogens with one attached hydrogen (secondary N) is 1. The maximum atomic E-state index is 12.0. The van der Waals surface area contributed by atoms with Crippen LogP contribution in [0.4, 0.5) is 5.69 Å². The first-order valence-corrected chi connectivity index (χ1v) is 6.70. The molecule has 2 rings (SSSR count). The maximum absolute atomic E-state index is 12.0. The van der Waals surface area contributed by atoms with Gasteiger partial charge in [0.05, 0.1) is 10.5 Å². The molecule has 0 bridgehead atoms. The fourth-order valence-corrected chi connectivity index (χ4v) is 1.73. The van der Waals surface area contributed by atoms with E-state index < -0.39 is 10.9 Å². The van der Waals surface area contributed by atoms with Crippen LogP contribution in [0.2, 0.25) is 0 Å². The van der Waals surface area contributed by atoms with Gasteiger partial charge in [-0.2, -0.15) is 0 Å². The number of nitrogens with zero attached hydrogens (tertiary/aromatic N) is 2. The minimum Gasteiger partial charge on any atom is -0.423 e. The zero-order valence-corrected chi connectivity index (χ0v) is 12.4. The molecule has 2 aromatic carbocycles. The molecule has 0 unspecified atom stereocenters. The van der Waals surface area contributed by atoms with E-state index >= 15 is 0 Å². The first-order valence-electron chi connectivity index (χ1n) is 6.70. The second-order valence-electron chi connectivity index (χ2n) is 4.58. The van der Waals surface area contributed by atoms with Gasteiger partial charge in [0.25, 0.3) is 11.6 Å². The number of ether oxygens (including phenoxy) is 1. The van der Waals surface area contributed by atoms with Crippen molar-refractivity contribution in [1.82, 2.24) is 0 Å². The van der Waals surface area contributed by atoms with Crippen LogP contribution in [-0.2, 0) is 0 Å². The summed E-state index contributed by atoms with van der Waals surface area (Å²) in [5.41, 5.74) is 11.0. The summed E-state index contributed by atoms with van der Waals surface area (Å²) in [6.07, 6.45) is 1.55. The standard InChI is InChI=1S/C15H13N5O4/c16-15(17)19-18-9-10-4-6-13(7-5-10)24-14(21)11-2-1-3-12(8-11)20(22)23/h1-9H,(H4,16,17,19)/p+1/b18-9+. The van der Waals surface area contributed by atoms with Crippen LogP contribution in [0.3, 0.4) is 0 Å². The number of rotatable bonds is 5. The molecule has 24 heavy (non-hydrogen) atoms. The molecule has 122 valence electrons. The third kappa shape index (κ3) is 4.63. The topological polar surface area (TPSA) is 148 Å². The molecule has 0 fully saturated rings. The highest BCUT2D eigenvalue weighted by Gasteiger charge is 2.13. The normalized spacial score (nSPS) is 10.3. The molecule has 0 aliphatic carbocycles. The van der Waals surface area contributed by atoms with E-state index in [1.54, 1.807) is 30.5 Å². The summed E-state index contributed by atoms with van der Waals surface area (Å²) in [7, 11) is 0. The van der Waals surface area contributed by atoms with Gasteiger partial charge in [-0.3, -0.25) is 10.1 Å². The summed E-state index contributed by atoms with van der Waals surface area (Å²) >= 11 is 0. The SMILES string of the molecule is NC(N)=N/[NH+]=C/c1ccc(OC(=O)c2cccc([N+](=O)[O-])c2)cc1. The Kier molecular flexibility index (Phi) is 5.19. The van der Waals surface area contributed by atoms with E-state index in [2.05, 4.69) is 10.2 Å². The third-order valence-corrected chi connectivity index (χ3v) is 2.81. The molecular formula is C15H14N5O4+. The van der Waals surface area contributed by atoms with Crippen molar-refractivity contribution in [1.29, 1.82) is 0 Å². The molecule has 5 N–H and O–H groups in total. The van der Waals surface area contributed by atoms with Crippen LogP contribution in [0.15, 0.2) is 53.6 Å². The number of non-ortho nitro benzene ring substituents is 1. The van der Waals surface area contributed by atoms with E-state index in [0.717, 1.165) is 11.6 Å². The lowest BCUT2D eigenvalue weighted by Crippen LogP contribution is -2.63. The number of esters is 1. The molecule has 0 saturated carbocycles. The molecule has 0 aliphatic heterocycles. The summed E-state index contributed by atoms with van der Waals surface area (Å²) in [5, 5.41) is 16.8. The van der Waals surface area contributed by atoms with E-state index in [1.165, 1.54) is 18.2 Å². The average Bonchev–Trinajstić information content (AvgIpc) is 2.56. The van der Waals surface area contributed by atoms with Crippen LogP contribution in [0.25, 0.3) is 0 Å². The van der Waals surface area contributed by atoms with Crippen molar-refractivity contribution in [3.8, 4) is 5.75 Å². The van der Waals surface area contributed by atoms with Crippen LogP contribution in [0, 0.1) is 10.1 Å². The molecule has 9 nitrogen and oxygen atoms in total. The molecule has 0 saturated heterocycles. The molecule has 0 radical (unpaired) electrons. The summed E-state index contributed by atoms with van der Waals surface area (Å²) < 4.78 is 5.17. The Balaban J connectivity index is 2.07. The van der Waals surface area contributed by atoms with E-state index in [9.17, 15) is 14.9 Å². The monoisotopic (exact) mass is 328 g/mol. The Morgan fingerprint density at radius 2 is 1.92 bits per heavy atom.